The van der Waals surface area contributed by atoms with E-state index in [4.69, 9.17) is 4.74 Å². The number of carbonyl (C=O) groups excluding carboxylic acids is 1. The van der Waals surface area contributed by atoms with Crippen LogP contribution in [0, 0.1) is 5.92 Å². The first kappa shape index (κ1) is 11.3. The molecule has 80 valence electrons. The zero-order valence-electron chi connectivity index (χ0n) is 9.21. The SMILES string of the molecule is CC(C)=CCOC(=O)C1CCCCC1. The Bertz CT molecular complexity index is 208. The minimum absolute atomic E-state index is 0.00204. The van der Waals surface area contributed by atoms with Crippen LogP contribution in [-0.4, -0.2) is 12.6 Å². The summed E-state index contributed by atoms with van der Waals surface area (Å²) in [5, 5.41) is 0. The minimum atomic E-state index is 0.00204. The summed E-state index contributed by atoms with van der Waals surface area (Å²) >= 11 is 0. The Kier molecular flexibility index (Phi) is 4.71. The van der Waals surface area contributed by atoms with Gasteiger partial charge in [-0.05, 0) is 32.8 Å². The zero-order valence-corrected chi connectivity index (χ0v) is 9.21. The number of carbonyl (C=O) groups is 1. The molecule has 1 saturated carbocycles. The van der Waals surface area contributed by atoms with Crippen LogP contribution in [0.3, 0.4) is 0 Å². The summed E-state index contributed by atoms with van der Waals surface area (Å²) < 4.78 is 5.18. The molecule has 0 aliphatic heterocycles. The topological polar surface area (TPSA) is 26.3 Å². The quantitative estimate of drug-likeness (QED) is 0.512. The minimum Gasteiger partial charge on any atom is -0.461 e. The molecule has 0 amide bonds. The molecule has 1 aliphatic rings. The highest BCUT2D eigenvalue weighted by molar-refractivity contribution is 5.72. The van der Waals surface area contributed by atoms with Gasteiger partial charge >= 0.3 is 5.97 Å². The van der Waals surface area contributed by atoms with Crippen molar-refractivity contribution >= 4 is 5.97 Å². The van der Waals surface area contributed by atoms with E-state index in [0.29, 0.717) is 6.61 Å². The maximum atomic E-state index is 11.5. The highest BCUT2D eigenvalue weighted by atomic mass is 16.5. The van der Waals surface area contributed by atoms with Crippen LogP contribution in [0.25, 0.3) is 0 Å². The van der Waals surface area contributed by atoms with E-state index < -0.39 is 0 Å². The molecule has 0 aromatic rings. The molecule has 1 fully saturated rings. The number of rotatable bonds is 3. The summed E-state index contributed by atoms with van der Waals surface area (Å²) in [6, 6.07) is 0. The Morgan fingerprint density at radius 3 is 2.50 bits per heavy atom. The van der Waals surface area contributed by atoms with E-state index in [1.54, 1.807) is 0 Å². The third kappa shape index (κ3) is 3.95. The Balaban J connectivity index is 2.23. The Labute approximate surface area is 86.3 Å². The number of hydrogen-bond acceptors (Lipinski definition) is 2. The van der Waals surface area contributed by atoms with E-state index in [-0.39, 0.29) is 11.9 Å². The van der Waals surface area contributed by atoms with E-state index in [2.05, 4.69) is 0 Å². The average molecular weight is 196 g/mol. The Morgan fingerprint density at radius 1 is 1.29 bits per heavy atom. The lowest BCUT2D eigenvalue weighted by atomic mass is 9.89. The standard InChI is InChI=1S/C12H20O2/c1-10(2)8-9-14-12(13)11-6-4-3-5-7-11/h8,11H,3-7,9H2,1-2H3. The molecule has 1 aliphatic carbocycles. The van der Waals surface area contributed by atoms with E-state index in [0.717, 1.165) is 12.8 Å². The largest absolute Gasteiger partial charge is 0.461 e. The van der Waals surface area contributed by atoms with Crippen LogP contribution in [0.15, 0.2) is 11.6 Å². The molecule has 1 rings (SSSR count). The Morgan fingerprint density at radius 2 is 1.93 bits per heavy atom. The molecule has 2 heteroatoms. The van der Waals surface area contributed by atoms with Crippen LogP contribution in [0.1, 0.15) is 46.0 Å². The van der Waals surface area contributed by atoms with Crippen LogP contribution in [0.4, 0.5) is 0 Å². The van der Waals surface area contributed by atoms with Gasteiger partial charge in [0.15, 0.2) is 0 Å². The fourth-order valence-corrected chi connectivity index (χ4v) is 1.75. The highest BCUT2D eigenvalue weighted by Gasteiger charge is 2.21. The predicted octanol–water partition coefficient (Wildman–Crippen LogP) is 3.08. The van der Waals surface area contributed by atoms with Crippen LogP contribution < -0.4 is 0 Å². The first-order valence-corrected chi connectivity index (χ1v) is 5.50. The van der Waals surface area contributed by atoms with Crippen molar-refractivity contribution in [2.24, 2.45) is 5.92 Å². The summed E-state index contributed by atoms with van der Waals surface area (Å²) in [5.41, 5.74) is 1.20. The van der Waals surface area contributed by atoms with Gasteiger partial charge < -0.3 is 4.74 Å². The van der Waals surface area contributed by atoms with Crippen LogP contribution in [-0.2, 0) is 9.53 Å². The fraction of sp³-hybridized carbons (Fsp3) is 0.750. The molecule has 14 heavy (non-hydrogen) atoms. The zero-order chi connectivity index (χ0) is 10.4. The summed E-state index contributed by atoms with van der Waals surface area (Å²) in [4.78, 5) is 11.5. The monoisotopic (exact) mass is 196 g/mol. The second-order valence-corrected chi connectivity index (χ2v) is 4.25. The maximum Gasteiger partial charge on any atom is 0.309 e. The van der Waals surface area contributed by atoms with Gasteiger partial charge in [0.05, 0.1) is 5.92 Å². The van der Waals surface area contributed by atoms with Gasteiger partial charge in [-0.25, -0.2) is 0 Å². The first-order chi connectivity index (χ1) is 6.70. The first-order valence-electron chi connectivity index (χ1n) is 5.50. The summed E-state index contributed by atoms with van der Waals surface area (Å²) in [6.07, 6.45) is 7.63. The molecular weight excluding hydrogens is 176 g/mol. The summed E-state index contributed by atoms with van der Waals surface area (Å²) in [7, 11) is 0. The van der Waals surface area contributed by atoms with Crippen molar-refractivity contribution in [2.45, 2.75) is 46.0 Å². The average Bonchev–Trinajstić information content (AvgIpc) is 2.18. The smallest absolute Gasteiger partial charge is 0.309 e. The summed E-state index contributed by atoms with van der Waals surface area (Å²) in [5.74, 6) is 0.177. The van der Waals surface area contributed by atoms with Crippen molar-refractivity contribution in [3.63, 3.8) is 0 Å². The molecule has 0 spiro atoms. The van der Waals surface area contributed by atoms with E-state index >= 15 is 0 Å². The predicted molar refractivity (Wildman–Crippen MR) is 57.0 cm³/mol. The number of ether oxygens (including phenoxy) is 1. The number of hydrogen-bond donors (Lipinski definition) is 0. The van der Waals surface area contributed by atoms with E-state index in [1.807, 2.05) is 19.9 Å². The molecule has 0 bridgehead atoms. The molecule has 0 N–H and O–H groups in total. The molecule has 0 aromatic carbocycles. The normalized spacial score (nSPS) is 17.6. The van der Waals surface area contributed by atoms with E-state index in [1.165, 1.54) is 24.8 Å². The fourth-order valence-electron chi connectivity index (χ4n) is 1.75. The van der Waals surface area contributed by atoms with E-state index in [9.17, 15) is 4.79 Å². The molecular formula is C12H20O2. The van der Waals surface area contributed by atoms with Gasteiger partial charge in [0, 0.05) is 0 Å². The van der Waals surface area contributed by atoms with Gasteiger partial charge in [-0.15, -0.1) is 0 Å². The van der Waals surface area contributed by atoms with Gasteiger partial charge in [-0.2, -0.15) is 0 Å². The Hall–Kier alpha value is -0.790. The number of esters is 1. The van der Waals surface area contributed by atoms with Crippen LogP contribution in [0.5, 0.6) is 0 Å². The van der Waals surface area contributed by atoms with Crippen molar-refractivity contribution in [2.75, 3.05) is 6.61 Å². The van der Waals surface area contributed by atoms with Crippen LogP contribution >= 0.6 is 0 Å². The van der Waals surface area contributed by atoms with Crippen molar-refractivity contribution in [1.82, 2.24) is 0 Å². The molecule has 0 unspecified atom stereocenters. The van der Waals surface area contributed by atoms with Crippen molar-refractivity contribution in [1.29, 1.82) is 0 Å². The lowest BCUT2D eigenvalue weighted by Crippen LogP contribution is -2.20. The highest BCUT2D eigenvalue weighted by Crippen LogP contribution is 2.24. The van der Waals surface area contributed by atoms with Gasteiger partial charge in [-0.1, -0.05) is 24.8 Å². The lowest BCUT2D eigenvalue weighted by Gasteiger charge is -2.19. The van der Waals surface area contributed by atoms with Gasteiger partial charge in [0.2, 0.25) is 0 Å². The van der Waals surface area contributed by atoms with Gasteiger partial charge in [0.25, 0.3) is 0 Å². The molecule has 0 saturated heterocycles. The van der Waals surface area contributed by atoms with Gasteiger partial charge in [-0.3, -0.25) is 4.79 Å². The molecule has 0 heterocycles. The lowest BCUT2D eigenvalue weighted by molar-refractivity contribution is -0.148. The third-order valence-corrected chi connectivity index (χ3v) is 2.66. The molecule has 0 radical (unpaired) electrons. The third-order valence-electron chi connectivity index (χ3n) is 2.66. The molecule has 2 nitrogen and oxygen atoms in total. The van der Waals surface area contributed by atoms with Crippen molar-refractivity contribution in [3.8, 4) is 0 Å². The molecule has 0 atom stereocenters. The number of allylic oxidation sites excluding steroid dienone is 1. The van der Waals surface area contributed by atoms with Crippen molar-refractivity contribution in [3.05, 3.63) is 11.6 Å². The second kappa shape index (κ2) is 5.84. The maximum absolute atomic E-state index is 11.5. The van der Waals surface area contributed by atoms with Crippen molar-refractivity contribution < 1.29 is 9.53 Å². The van der Waals surface area contributed by atoms with Crippen LogP contribution in [0.2, 0.25) is 0 Å². The summed E-state index contributed by atoms with van der Waals surface area (Å²) in [6.45, 7) is 4.46. The van der Waals surface area contributed by atoms with Gasteiger partial charge in [0.1, 0.15) is 6.61 Å². The second-order valence-electron chi connectivity index (χ2n) is 4.25. The molecule has 0 aromatic heterocycles.